The standard InChI is InChI=1S/C12H16ClNO3/c1-8(7-16-2)17-12(15)11(14)9-5-3-4-6-10(9)13/h3-6,8,11H,7,14H2,1-2H3/t8?,11-/m1/s1. The van der Waals surface area contributed by atoms with Crippen LogP contribution in [0.3, 0.4) is 0 Å². The zero-order valence-electron chi connectivity index (χ0n) is 9.85. The molecule has 0 fully saturated rings. The lowest BCUT2D eigenvalue weighted by Crippen LogP contribution is -2.29. The molecule has 94 valence electrons. The van der Waals surface area contributed by atoms with Gasteiger partial charge < -0.3 is 15.2 Å². The molecule has 0 bridgehead atoms. The lowest BCUT2D eigenvalue weighted by atomic mass is 10.1. The first kappa shape index (κ1) is 14.0. The van der Waals surface area contributed by atoms with Gasteiger partial charge in [0.15, 0.2) is 0 Å². The largest absolute Gasteiger partial charge is 0.459 e. The Bertz CT molecular complexity index is 384. The first-order valence-corrected chi connectivity index (χ1v) is 5.63. The summed E-state index contributed by atoms with van der Waals surface area (Å²) in [5.41, 5.74) is 6.34. The second-order valence-corrected chi connectivity index (χ2v) is 4.11. The topological polar surface area (TPSA) is 61.5 Å². The van der Waals surface area contributed by atoms with Crippen molar-refractivity contribution in [1.29, 1.82) is 0 Å². The van der Waals surface area contributed by atoms with Gasteiger partial charge in [-0.3, -0.25) is 0 Å². The van der Waals surface area contributed by atoms with E-state index in [-0.39, 0.29) is 6.10 Å². The number of esters is 1. The molecule has 0 radical (unpaired) electrons. The number of rotatable bonds is 5. The van der Waals surface area contributed by atoms with Crippen LogP contribution in [0.4, 0.5) is 0 Å². The average molecular weight is 258 g/mol. The van der Waals surface area contributed by atoms with E-state index >= 15 is 0 Å². The molecule has 0 saturated heterocycles. The molecule has 0 heterocycles. The lowest BCUT2D eigenvalue weighted by molar-refractivity contribution is -0.152. The van der Waals surface area contributed by atoms with Gasteiger partial charge in [-0.1, -0.05) is 29.8 Å². The predicted molar refractivity (Wildman–Crippen MR) is 65.8 cm³/mol. The van der Waals surface area contributed by atoms with Crippen LogP contribution in [0.2, 0.25) is 5.02 Å². The Morgan fingerprint density at radius 1 is 1.47 bits per heavy atom. The quantitative estimate of drug-likeness (QED) is 0.819. The molecule has 1 aromatic rings. The summed E-state index contributed by atoms with van der Waals surface area (Å²) in [6.07, 6.45) is -0.332. The van der Waals surface area contributed by atoms with Gasteiger partial charge in [-0.05, 0) is 18.6 Å². The minimum atomic E-state index is -0.872. The van der Waals surface area contributed by atoms with Crippen molar-refractivity contribution in [2.75, 3.05) is 13.7 Å². The molecule has 0 amide bonds. The Kier molecular flexibility index (Phi) is 5.41. The van der Waals surface area contributed by atoms with Gasteiger partial charge in [0.2, 0.25) is 0 Å². The zero-order valence-corrected chi connectivity index (χ0v) is 10.6. The Labute approximate surface area is 106 Å². The Balaban J connectivity index is 2.67. The highest BCUT2D eigenvalue weighted by Crippen LogP contribution is 2.22. The van der Waals surface area contributed by atoms with E-state index in [0.29, 0.717) is 17.2 Å². The Morgan fingerprint density at radius 3 is 2.71 bits per heavy atom. The van der Waals surface area contributed by atoms with Crippen LogP contribution in [0.5, 0.6) is 0 Å². The highest BCUT2D eigenvalue weighted by molar-refractivity contribution is 6.31. The van der Waals surface area contributed by atoms with Crippen molar-refractivity contribution < 1.29 is 14.3 Å². The maximum absolute atomic E-state index is 11.7. The van der Waals surface area contributed by atoms with E-state index in [1.807, 2.05) is 0 Å². The molecule has 0 aromatic heterocycles. The number of nitrogens with two attached hydrogens (primary N) is 1. The number of carbonyl (C=O) groups is 1. The fraction of sp³-hybridized carbons (Fsp3) is 0.417. The summed E-state index contributed by atoms with van der Waals surface area (Å²) in [5, 5.41) is 0.455. The van der Waals surface area contributed by atoms with Crippen LogP contribution in [0.1, 0.15) is 18.5 Å². The maximum Gasteiger partial charge on any atom is 0.327 e. The van der Waals surface area contributed by atoms with Crippen LogP contribution in [0, 0.1) is 0 Å². The predicted octanol–water partition coefficient (Wildman–Crippen LogP) is 1.92. The second kappa shape index (κ2) is 6.59. The molecule has 0 aliphatic carbocycles. The molecule has 0 aliphatic rings. The van der Waals surface area contributed by atoms with Crippen molar-refractivity contribution in [1.82, 2.24) is 0 Å². The van der Waals surface area contributed by atoms with Crippen molar-refractivity contribution in [3.8, 4) is 0 Å². The molecule has 0 spiro atoms. The summed E-state index contributed by atoms with van der Waals surface area (Å²) in [6.45, 7) is 2.07. The fourth-order valence-corrected chi connectivity index (χ4v) is 1.65. The van der Waals surface area contributed by atoms with E-state index in [4.69, 9.17) is 26.8 Å². The van der Waals surface area contributed by atoms with Gasteiger partial charge in [-0.25, -0.2) is 4.79 Å². The van der Waals surface area contributed by atoms with Gasteiger partial charge in [0.1, 0.15) is 12.1 Å². The molecular formula is C12H16ClNO3. The summed E-state index contributed by atoms with van der Waals surface area (Å²) in [5.74, 6) is -0.511. The minimum absolute atomic E-state index is 0.332. The number of hydrogen-bond donors (Lipinski definition) is 1. The SMILES string of the molecule is COCC(C)OC(=O)[C@H](N)c1ccccc1Cl. The van der Waals surface area contributed by atoms with Crippen LogP contribution in [-0.2, 0) is 14.3 Å². The molecule has 0 saturated carbocycles. The smallest absolute Gasteiger partial charge is 0.327 e. The fourth-order valence-electron chi connectivity index (χ4n) is 1.39. The monoisotopic (exact) mass is 257 g/mol. The first-order valence-electron chi connectivity index (χ1n) is 5.25. The molecule has 1 rings (SSSR count). The molecule has 17 heavy (non-hydrogen) atoms. The van der Waals surface area contributed by atoms with Crippen molar-refractivity contribution in [2.45, 2.75) is 19.1 Å². The molecule has 2 N–H and O–H groups in total. The third-order valence-corrected chi connectivity index (χ3v) is 2.56. The summed E-state index contributed by atoms with van der Waals surface area (Å²) in [4.78, 5) is 11.7. The molecule has 4 nitrogen and oxygen atoms in total. The summed E-state index contributed by atoms with van der Waals surface area (Å²) < 4.78 is 9.98. The van der Waals surface area contributed by atoms with E-state index in [1.54, 1.807) is 38.3 Å². The number of ether oxygens (including phenoxy) is 2. The maximum atomic E-state index is 11.7. The van der Waals surface area contributed by atoms with Crippen molar-refractivity contribution in [2.24, 2.45) is 5.73 Å². The van der Waals surface area contributed by atoms with Crippen LogP contribution >= 0.6 is 11.6 Å². The molecule has 1 unspecified atom stereocenters. The van der Waals surface area contributed by atoms with Crippen LogP contribution in [-0.4, -0.2) is 25.8 Å². The molecule has 2 atom stereocenters. The molecular weight excluding hydrogens is 242 g/mol. The summed E-state index contributed by atoms with van der Waals surface area (Å²) in [6, 6.07) is 6.06. The highest BCUT2D eigenvalue weighted by atomic mass is 35.5. The van der Waals surface area contributed by atoms with Gasteiger partial charge in [-0.2, -0.15) is 0 Å². The number of benzene rings is 1. The number of methoxy groups -OCH3 is 1. The zero-order chi connectivity index (χ0) is 12.8. The van der Waals surface area contributed by atoms with Crippen LogP contribution in [0.15, 0.2) is 24.3 Å². The normalized spacial score (nSPS) is 14.1. The van der Waals surface area contributed by atoms with E-state index in [1.165, 1.54) is 0 Å². The van der Waals surface area contributed by atoms with Crippen molar-refractivity contribution in [3.63, 3.8) is 0 Å². The third-order valence-electron chi connectivity index (χ3n) is 2.21. The van der Waals surface area contributed by atoms with E-state index in [2.05, 4.69) is 0 Å². The van der Waals surface area contributed by atoms with Crippen molar-refractivity contribution >= 4 is 17.6 Å². The minimum Gasteiger partial charge on any atom is -0.459 e. The number of halogens is 1. The Hall–Kier alpha value is -1.10. The van der Waals surface area contributed by atoms with Gasteiger partial charge in [0.25, 0.3) is 0 Å². The van der Waals surface area contributed by atoms with Gasteiger partial charge in [0, 0.05) is 12.1 Å². The average Bonchev–Trinajstić information content (AvgIpc) is 2.29. The van der Waals surface area contributed by atoms with Crippen LogP contribution < -0.4 is 5.73 Å². The first-order chi connectivity index (χ1) is 8.06. The van der Waals surface area contributed by atoms with Gasteiger partial charge >= 0.3 is 5.97 Å². The molecule has 0 aliphatic heterocycles. The number of hydrogen-bond acceptors (Lipinski definition) is 4. The van der Waals surface area contributed by atoms with E-state index in [9.17, 15) is 4.79 Å². The van der Waals surface area contributed by atoms with Gasteiger partial charge in [-0.15, -0.1) is 0 Å². The Morgan fingerprint density at radius 2 is 2.12 bits per heavy atom. The highest BCUT2D eigenvalue weighted by Gasteiger charge is 2.21. The second-order valence-electron chi connectivity index (χ2n) is 3.70. The molecule has 1 aromatic carbocycles. The summed E-state index contributed by atoms with van der Waals surface area (Å²) in [7, 11) is 1.54. The summed E-state index contributed by atoms with van der Waals surface area (Å²) >= 11 is 5.95. The third kappa shape index (κ3) is 4.00. The van der Waals surface area contributed by atoms with Crippen LogP contribution in [0.25, 0.3) is 0 Å². The molecule has 5 heteroatoms. The number of carbonyl (C=O) groups excluding carboxylic acids is 1. The van der Waals surface area contributed by atoms with E-state index in [0.717, 1.165) is 0 Å². The van der Waals surface area contributed by atoms with Crippen molar-refractivity contribution in [3.05, 3.63) is 34.9 Å². The lowest BCUT2D eigenvalue weighted by Gasteiger charge is -2.17. The van der Waals surface area contributed by atoms with Gasteiger partial charge in [0.05, 0.1) is 6.61 Å². The van der Waals surface area contributed by atoms with E-state index < -0.39 is 12.0 Å².